The number of nitrogens with one attached hydrogen (secondary N) is 1. The van der Waals surface area contributed by atoms with Crippen molar-refractivity contribution >= 4 is 11.8 Å². The molecule has 0 radical (unpaired) electrons. The van der Waals surface area contributed by atoms with Crippen molar-refractivity contribution < 1.29 is 19.1 Å². The van der Waals surface area contributed by atoms with E-state index in [0.717, 1.165) is 5.75 Å². The van der Waals surface area contributed by atoms with Crippen LogP contribution in [0.1, 0.15) is 34.7 Å². The smallest absolute Gasteiger partial charge is 0.270 e. The van der Waals surface area contributed by atoms with Gasteiger partial charge in [0.1, 0.15) is 24.2 Å². The van der Waals surface area contributed by atoms with Crippen LogP contribution in [-0.4, -0.2) is 53.1 Å². The molecule has 3 N–H and O–H groups in total. The van der Waals surface area contributed by atoms with Gasteiger partial charge in [0.05, 0.1) is 17.7 Å². The van der Waals surface area contributed by atoms with Gasteiger partial charge in [-0.1, -0.05) is 18.2 Å². The third-order valence-electron chi connectivity index (χ3n) is 4.15. The number of nitrogens with two attached hydrogens (primary N) is 1. The first kappa shape index (κ1) is 18.0. The van der Waals surface area contributed by atoms with E-state index in [1.54, 1.807) is 4.90 Å². The average Bonchev–Trinajstić information content (AvgIpc) is 3.09. The highest BCUT2D eigenvalue weighted by molar-refractivity contribution is 5.98. The van der Waals surface area contributed by atoms with Gasteiger partial charge in [-0.2, -0.15) is 0 Å². The van der Waals surface area contributed by atoms with Crippen molar-refractivity contribution in [3.05, 3.63) is 53.9 Å². The van der Waals surface area contributed by atoms with Crippen LogP contribution in [0, 0.1) is 0 Å². The maximum absolute atomic E-state index is 12.8. The lowest BCUT2D eigenvalue weighted by molar-refractivity contribution is -0.136. The fourth-order valence-electron chi connectivity index (χ4n) is 3.07. The zero-order valence-electron chi connectivity index (χ0n) is 14.9. The summed E-state index contributed by atoms with van der Waals surface area (Å²) >= 11 is 0. The number of primary amides is 1. The van der Waals surface area contributed by atoms with E-state index in [1.807, 2.05) is 44.2 Å². The van der Waals surface area contributed by atoms with Gasteiger partial charge in [-0.25, -0.2) is 0 Å². The number of aromatic nitrogens is 1. The number of ether oxygens (including phenoxy) is 2. The quantitative estimate of drug-likeness (QED) is 0.853. The van der Waals surface area contributed by atoms with Gasteiger partial charge in [0, 0.05) is 12.7 Å². The SMILES string of the molecule is CC1(C)CN(C(=O)c2cc(C(N)=O)c[nH]2)C[C@@H](COc2ccccc2)O1. The summed E-state index contributed by atoms with van der Waals surface area (Å²) in [6.45, 7) is 5.06. The van der Waals surface area contributed by atoms with E-state index >= 15 is 0 Å². The Morgan fingerprint density at radius 1 is 1.35 bits per heavy atom. The van der Waals surface area contributed by atoms with Gasteiger partial charge < -0.3 is 25.1 Å². The zero-order valence-corrected chi connectivity index (χ0v) is 14.9. The monoisotopic (exact) mass is 357 g/mol. The molecule has 2 heterocycles. The topological polar surface area (TPSA) is 97.7 Å². The minimum Gasteiger partial charge on any atom is -0.491 e. The van der Waals surface area contributed by atoms with Gasteiger partial charge in [-0.3, -0.25) is 9.59 Å². The molecule has 0 spiro atoms. The number of carbonyl (C=O) groups excluding carboxylic acids is 2. The molecule has 1 aliphatic heterocycles. The van der Waals surface area contributed by atoms with E-state index < -0.39 is 11.5 Å². The molecular formula is C19H23N3O4. The number of morpholine rings is 1. The molecule has 26 heavy (non-hydrogen) atoms. The summed E-state index contributed by atoms with van der Waals surface area (Å²) < 4.78 is 11.8. The highest BCUT2D eigenvalue weighted by atomic mass is 16.5. The predicted octanol–water partition coefficient (Wildman–Crippen LogP) is 1.81. The molecule has 2 aromatic rings. The first-order chi connectivity index (χ1) is 12.3. The molecule has 1 aliphatic rings. The molecular weight excluding hydrogens is 334 g/mol. The fourth-order valence-corrected chi connectivity index (χ4v) is 3.07. The molecule has 7 nitrogen and oxygen atoms in total. The molecule has 2 amide bonds. The van der Waals surface area contributed by atoms with Crippen molar-refractivity contribution in [2.45, 2.75) is 25.6 Å². The summed E-state index contributed by atoms with van der Waals surface area (Å²) in [5.74, 6) is -0.0110. The summed E-state index contributed by atoms with van der Waals surface area (Å²) in [4.78, 5) is 28.5. The van der Waals surface area contributed by atoms with Crippen molar-refractivity contribution in [2.75, 3.05) is 19.7 Å². The third-order valence-corrected chi connectivity index (χ3v) is 4.15. The van der Waals surface area contributed by atoms with Gasteiger partial charge in [0.15, 0.2) is 0 Å². The third kappa shape index (κ3) is 4.23. The van der Waals surface area contributed by atoms with Crippen LogP contribution in [0.15, 0.2) is 42.6 Å². The molecule has 0 aliphatic carbocycles. The number of hydrogen-bond acceptors (Lipinski definition) is 4. The van der Waals surface area contributed by atoms with Gasteiger partial charge >= 0.3 is 0 Å². The molecule has 1 aromatic heterocycles. The maximum Gasteiger partial charge on any atom is 0.270 e. The second kappa shape index (κ2) is 7.21. The van der Waals surface area contributed by atoms with E-state index in [4.69, 9.17) is 15.2 Å². The van der Waals surface area contributed by atoms with Crippen LogP contribution in [0.2, 0.25) is 0 Å². The number of amides is 2. The molecule has 1 atom stereocenters. The van der Waals surface area contributed by atoms with E-state index in [2.05, 4.69) is 4.98 Å². The maximum atomic E-state index is 12.8. The van der Waals surface area contributed by atoms with Gasteiger partial charge in [-0.05, 0) is 32.0 Å². The average molecular weight is 357 g/mol. The lowest BCUT2D eigenvalue weighted by atomic mass is 10.0. The van der Waals surface area contributed by atoms with Crippen molar-refractivity contribution in [3.63, 3.8) is 0 Å². The van der Waals surface area contributed by atoms with Crippen LogP contribution < -0.4 is 10.5 Å². The zero-order chi connectivity index (χ0) is 18.7. The van der Waals surface area contributed by atoms with Crippen molar-refractivity contribution in [1.29, 1.82) is 0 Å². The molecule has 7 heteroatoms. The fraction of sp³-hybridized carbons (Fsp3) is 0.368. The first-order valence-electron chi connectivity index (χ1n) is 8.47. The second-order valence-electron chi connectivity index (χ2n) is 6.98. The molecule has 0 saturated carbocycles. The number of carbonyl (C=O) groups is 2. The van der Waals surface area contributed by atoms with Gasteiger partial charge in [0.25, 0.3) is 5.91 Å². The lowest BCUT2D eigenvalue weighted by Gasteiger charge is -2.42. The van der Waals surface area contributed by atoms with E-state index in [-0.39, 0.29) is 17.6 Å². The number of benzene rings is 1. The molecule has 1 aromatic carbocycles. The molecule has 1 saturated heterocycles. The minimum absolute atomic E-state index is 0.196. The van der Waals surface area contributed by atoms with Crippen LogP contribution in [0.3, 0.4) is 0 Å². The van der Waals surface area contributed by atoms with Gasteiger partial charge in [0.2, 0.25) is 5.91 Å². The molecule has 0 unspecified atom stereocenters. The number of nitrogens with zero attached hydrogens (tertiary/aromatic N) is 1. The van der Waals surface area contributed by atoms with Crippen LogP contribution in [0.5, 0.6) is 5.75 Å². The van der Waals surface area contributed by atoms with Crippen molar-refractivity contribution in [3.8, 4) is 5.75 Å². The standard InChI is InChI=1S/C19H23N3O4/c1-19(2)12-22(18(24)16-8-13(9-21-16)17(20)23)10-15(26-19)11-25-14-6-4-3-5-7-14/h3-9,15,21H,10-12H2,1-2H3,(H2,20,23)/t15-/m0/s1. The van der Waals surface area contributed by atoms with Gasteiger partial charge in [-0.15, -0.1) is 0 Å². The summed E-state index contributed by atoms with van der Waals surface area (Å²) in [7, 11) is 0. The van der Waals surface area contributed by atoms with Crippen molar-refractivity contribution in [2.24, 2.45) is 5.73 Å². The highest BCUT2D eigenvalue weighted by Gasteiger charge is 2.36. The van der Waals surface area contributed by atoms with Crippen LogP contribution in [-0.2, 0) is 4.74 Å². The minimum atomic E-state index is -0.572. The van der Waals surface area contributed by atoms with Crippen LogP contribution in [0.25, 0.3) is 0 Å². The number of para-hydroxylation sites is 1. The Balaban J connectivity index is 1.68. The Morgan fingerprint density at radius 2 is 2.08 bits per heavy atom. The molecule has 0 bridgehead atoms. The first-order valence-corrected chi connectivity index (χ1v) is 8.47. The van der Waals surface area contributed by atoms with E-state index in [1.165, 1.54) is 12.3 Å². The molecule has 3 rings (SSSR count). The van der Waals surface area contributed by atoms with E-state index in [9.17, 15) is 9.59 Å². The Kier molecular flexibility index (Phi) is 4.99. The van der Waals surface area contributed by atoms with Crippen LogP contribution >= 0.6 is 0 Å². The van der Waals surface area contributed by atoms with Crippen molar-refractivity contribution in [1.82, 2.24) is 9.88 Å². The van der Waals surface area contributed by atoms with Crippen LogP contribution in [0.4, 0.5) is 0 Å². The summed E-state index contributed by atoms with van der Waals surface area (Å²) in [5, 5.41) is 0. The number of hydrogen-bond donors (Lipinski definition) is 2. The number of rotatable bonds is 5. The Hall–Kier alpha value is -2.80. The largest absolute Gasteiger partial charge is 0.491 e. The normalized spacial score (nSPS) is 19.2. The summed E-state index contributed by atoms with van der Waals surface area (Å²) in [5.41, 5.74) is 5.36. The number of H-pyrrole nitrogens is 1. The molecule has 138 valence electrons. The molecule has 1 fully saturated rings. The summed E-state index contributed by atoms with van der Waals surface area (Å²) in [6.07, 6.45) is 1.19. The summed E-state index contributed by atoms with van der Waals surface area (Å²) in [6, 6.07) is 11.0. The lowest BCUT2D eigenvalue weighted by Crippen LogP contribution is -2.56. The Bertz CT molecular complexity index is 785. The second-order valence-corrected chi connectivity index (χ2v) is 6.98. The predicted molar refractivity (Wildman–Crippen MR) is 96.1 cm³/mol. The Morgan fingerprint density at radius 3 is 2.73 bits per heavy atom. The van der Waals surface area contributed by atoms with E-state index in [0.29, 0.717) is 25.4 Å². The Labute approximate surface area is 152 Å². The number of aromatic amines is 1. The highest BCUT2D eigenvalue weighted by Crippen LogP contribution is 2.23.